The molecule has 2 aliphatic heterocycles. The summed E-state index contributed by atoms with van der Waals surface area (Å²) in [6.07, 6.45) is 6.76. The van der Waals surface area contributed by atoms with Gasteiger partial charge in [0.05, 0.1) is 7.11 Å². The van der Waals surface area contributed by atoms with E-state index in [9.17, 15) is 0 Å². The van der Waals surface area contributed by atoms with Crippen molar-refractivity contribution in [2.45, 2.75) is 31.7 Å². The van der Waals surface area contributed by atoms with Crippen molar-refractivity contribution < 1.29 is 4.74 Å². The molecular formula is C14H23N5O. The van der Waals surface area contributed by atoms with Gasteiger partial charge in [0.2, 0.25) is 5.88 Å². The summed E-state index contributed by atoms with van der Waals surface area (Å²) >= 11 is 0. The average Bonchev–Trinajstić information content (AvgIpc) is 2.98. The summed E-state index contributed by atoms with van der Waals surface area (Å²) in [6.45, 7) is 4.48. The maximum Gasteiger partial charge on any atom is 0.242 e. The summed E-state index contributed by atoms with van der Waals surface area (Å²) < 4.78 is 5.18. The van der Waals surface area contributed by atoms with Gasteiger partial charge in [-0.1, -0.05) is 6.42 Å². The van der Waals surface area contributed by atoms with Crippen molar-refractivity contribution in [1.82, 2.24) is 14.9 Å². The minimum Gasteiger partial charge on any atom is -0.479 e. The molecule has 1 atom stereocenters. The molecule has 0 spiro atoms. The Bertz CT molecular complexity index is 461. The SMILES string of the molecule is COc1ncnc(N2CCC(N3CCCCC3)C2)c1N. The van der Waals surface area contributed by atoms with Crippen molar-refractivity contribution in [1.29, 1.82) is 0 Å². The van der Waals surface area contributed by atoms with Crippen LogP contribution in [0.1, 0.15) is 25.7 Å². The number of anilines is 2. The van der Waals surface area contributed by atoms with Crippen LogP contribution < -0.4 is 15.4 Å². The number of nitrogen functional groups attached to an aromatic ring is 1. The smallest absolute Gasteiger partial charge is 0.242 e. The van der Waals surface area contributed by atoms with Gasteiger partial charge in [0, 0.05) is 19.1 Å². The number of nitrogens with two attached hydrogens (primary N) is 1. The van der Waals surface area contributed by atoms with E-state index in [1.54, 1.807) is 7.11 Å². The van der Waals surface area contributed by atoms with Crippen molar-refractivity contribution >= 4 is 11.5 Å². The first-order valence-electron chi connectivity index (χ1n) is 7.43. The Labute approximate surface area is 119 Å². The number of aromatic nitrogens is 2. The van der Waals surface area contributed by atoms with Gasteiger partial charge < -0.3 is 15.4 Å². The molecule has 2 aliphatic rings. The van der Waals surface area contributed by atoms with Crippen molar-refractivity contribution in [3.05, 3.63) is 6.33 Å². The lowest BCUT2D eigenvalue weighted by Crippen LogP contribution is -2.41. The number of methoxy groups -OCH3 is 1. The summed E-state index contributed by atoms with van der Waals surface area (Å²) in [6, 6.07) is 0.635. The molecular weight excluding hydrogens is 254 g/mol. The van der Waals surface area contributed by atoms with E-state index in [1.807, 2.05) is 0 Å². The number of hydrogen-bond donors (Lipinski definition) is 1. The highest BCUT2D eigenvalue weighted by Gasteiger charge is 2.30. The van der Waals surface area contributed by atoms with E-state index in [1.165, 1.54) is 45.1 Å². The largest absolute Gasteiger partial charge is 0.479 e. The molecule has 110 valence electrons. The highest BCUT2D eigenvalue weighted by molar-refractivity contribution is 5.68. The van der Waals surface area contributed by atoms with Crippen LogP contribution in [-0.2, 0) is 0 Å². The molecule has 2 fully saturated rings. The van der Waals surface area contributed by atoms with E-state index in [0.29, 0.717) is 17.6 Å². The van der Waals surface area contributed by atoms with Crippen molar-refractivity contribution in [2.24, 2.45) is 0 Å². The number of hydrogen-bond acceptors (Lipinski definition) is 6. The van der Waals surface area contributed by atoms with Gasteiger partial charge in [0.25, 0.3) is 0 Å². The Kier molecular flexibility index (Phi) is 3.91. The molecule has 0 aliphatic carbocycles. The predicted octanol–water partition coefficient (Wildman–Crippen LogP) is 1.13. The molecule has 0 bridgehead atoms. The topological polar surface area (TPSA) is 67.5 Å². The van der Waals surface area contributed by atoms with Gasteiger partial charge in [-0.3, -0.25) is 4.90 Å². The van der Waals surface area contributed by atoms with Gasteiger partial charge in [-0.25, -0.2) is 4.98 Å². The molecule has 1 aromatic heterocycles. The average molecular weight is 277 g/mol. The number of piperidine rings is 1. The van der Waals surface area contributed by atoms with Gasteiger partial charge in [-0.05, 0) is 32.4 Å². The Morgan fingerprint density at radius 3 is 2.75 bits per heavy atom. The summed E-state index contributed by atoms with van der Waals surface area (Å²) in [5, 5.41) is 0. The lowest BCUT2D eigenvalue weighted by atomic mass is 10.1. The second-order valence-electron chi connectivity index (χ2n) is 5.61. The summed E-state index contributed by atoms with van der Waals surface area (Å²) in [5.41, 5.74) is 6.64. The van der Waals surface area contributed by atoms with Gasteiger partial charge >= 0.3 is 0 Å². The molecule has 0 radical (unpaired) electrons. The standard InChI is InChI=1S/C14H23N5O/c1-20-14-12(15)13(16-10-17-14)19-8-5-11(9-19)18-6-3-2-4-7-18/h10-11H,2-9,15H2,1H3. The third-order valence-electron chi connectivity index (χ3n) is 4.39. The third-order valence-corrected chi connectivity index (χ3v) is 4.39. The normalized spacial score (nSPS) is 24.1. The fourth-order valence-electron chi connectivity index (χ4n) is 3.30. The van der Waals surface area contributed by atoms with Crippen molar-refractivity contribution in [3.63, 3.8) is 0 Å². The van der Waals surface area contributed by atoms with E-state index in [2.05, 4.69) is 19.8 Å². The second kappa shape index (κ2) is 5.83. The Morgan fingerprint density at radius 1 is 1.20 bits per heavy atom. The summed E-state index contributed by atoms with van der Waals surface area (Å²) in [4.78, 5) is 13.3. The molecule has 2 saturated heterocycles. The van der Waals surface area contributed by atoms with Gasteiger partial charge in [-0.2, -0.15) is 4.98 Å². The molecule has 6 nitrogen and oxygen atoms in total. The fraction of sp³-hybridized carbons (Fsp3) is 0.714. The molecule has 1 aromatic rings. The highest BCUT2D eigenvalue weighted by atomic mass is 16.5. The zero-order valence-corrected chi connectivity index (χ0v) is 12.1. The molecule has 3 rings (SSSR count). The first-order chi connectivity index (χ1) is 9.79. The van der Waals surface area contributed by atoms with Crippen LogP contribution in [0.3, 0.4) is 0 Å². The number of nitrogens with zero attached hydrogens (tertiary/aromatic N) is 4. The quantitative estimate of drug-likeness (QED) is 0.893. The van der Waals surface area contributed by atoms with Gasteiger partial charge in [0.15, 0.2) is 5.82 Å². The molecule has 6 heteroatoms. The predicted molar refractivity (Wildman–Crippen MR) is 79.0 cm³/mol. The molecule has 1 unspecified atom stereocenters. The van der Waals surface area contributed by atoms with Crippen molar-refractivity contribution in [3.8, 4) is 5.88 Å². The molecule has 20 heavy (non-hydrogen) atoms. The van der Waals surface area contributed by atoms with Crippen LogP contribution in [0.25, 0.3) is 0 Å². The first kappa shape index (κ1) is 13.4. The van der Waals surface area contributed by atoms with Crippen LogP contribution in [0.15, 0.2) is 6.33 Å². The maximum atomic E-state index is 6.09. The molecule has 0 amide bonds. The van der Waals surface area contributed by atoms with Gasteiger partial charge in [0.1, 0.15) is 12.0 Å². The summed E-state index contributed by atoms with van der Waals surface area (Å²) in [5.74, 6) is 1.28. The zero-order chi connectivity index (χ0) is 13.9. The van der Waals surface area contributed by atoms with Gasteiger partial charge in [-0.15, -0.1) is 0 Å². The molecule has 3 heterocycles. The Balaban J connectivity index is 1.70. The molecule has 2 N–H and O–H groups in total. The van der Waals surface area contributed by atoms with E-state index in [-0.39, 0.29) is 0 Å². The lowest BCUT2D eigenvalue weighted by molar-refractivity contribution is 0.175. The minimum absolute atomic E-state index is 0.469. The second-order valence-corrected chi connectivity index (χ2v) is 5.61. The number of likely N-dealkylation sites (tertiary alicyclic amines) is 1. The van der Waals surface area contributed by atoms with Crippen LogP contribution in [-0.4, -0.2) is 54.2 Å². The number of rotatable bonds is 3. The monoisotopic (exact) mass is 277 g/mol. The summed E-state index contributed by atoms with van der Waals surface area (Å²) in [7, 11) is 1.59. The lowest BCUT2D eigenvalue weighted by Gasteiger charge is -2.32. The zero-order valence-electron chi connectivity index (χ0n) is 12.1. The first-order valence-corrected chi connectivity index (χ1v) is 7.43. The van der Waals surface area contributed by atoms with Crippen LogP contribution in [0, 0.1) is 0 Å². The van der Waals surface area contributed by atoms with Crippen LogP contribution in [0.4, 0.5) is 11.5 Å². The fourth-order valence-corrected chi connectivity index (χ4v) is 3.30. The number of ether oxygens (including phenoxy) is 1. The maximum absolute atomic E-state index is 6.09. The van der Waals surface area contributed by atoms with E-state index < -0.39 is 0 Å². The Morgan fingerprint density at radius 2 is 2.00 bits per heavy atom. The van der Waals surface area contributed by atoms with E-state index in [4.69, 9.17) is 10.5 Å². The minimum atomic E-state index is 0.469. The Hall–Kier alpha value is -1.56. The van der Waals surface area contributed by atoms with E-state index >= 15 is 0 Å². The molecule has 0 saturated carbocycles. The van der Waals surface area contributed by atoms with Crippen molar-refractivity contribution in [2.75, 3.05) is 43.9 Å². The van der Waals surface area contributed by atoms with Crippen LogP contribution in [0.5, 0.6) is 5.88 Å². The van der Waals surface area contributed by atoms with Crippen LogP contribution >= 0.6 is 0 Å². The highest BCUT2D eigenvalue weighted by Crippen LogP contribution is 2.31. The van der Waals surface area contributed by atoms with E-state index in [0.717, 1.165) is 18.9 Å². The molecule has 0 aromatic carbocycles. The van der Waals surface area contributed by atoms with Crippen LogP contribution in [0.2, 0.25) is 0 Å². The third kappa shape index (κ3) is 2.52.